The van der Waals surface area contributed by atoms with Crippen LogP contribution in [0.2, 0.25) is 0 Å². The summed E-state index contributed by atoms with van der Waals surface area (Å²) in [7, 11) is 0. The van der Waals surface area contributed by atoms with Crippen molar-refractivity contribution in [2.24, 2.45) is 0 Å². The van der Waals surface area contributed by atoms with Crippen molar-refractivity contribution in [3.05, 3.63) is 29.8 Å². The number of nitrogens with one attached hydrogen (secondary N) is 3. The number of hydrogen-bond acceptors (Lipinski definition) is 3. The predicted octanol–water partition coefficient (Wildman–Crippen LogP) is 1.83. The van der Waals surface area contributed by atoms with Gasteiger partial charge in [0, 0.05) is 36.9 Å². The largest absolute Gasteiger partial charge is 0.337 e. The van der Waals surface area contributed by atoms with Gasteiger partial charge in [-0.1, -0.05) is 6.07 Å². The maximum atomic E-state index is 12.5. The van der Waals surface area contributed by atoms with E-state index in [1.165, 1.54) is 0 Å². The number of anilines is 1. The predicted molar refractivity (Wildman–Crippen MR) is 92.3 cm³/mol. The Kier molecular flexibility index (Phi) is 6.24. The molecule has 2 aliphatic rings. The second-order valence-electron chi connectivity index (χ2n) is 5.85. The van der Waals surface area contributed by atoms with E-state index in [9.17, 15) is 9.59 Å². The van der Waals surface area contributed by atoms with Crippen molar-refractivity contribution in [3.8, 4) is 0 Å². The third-order valence-corrected chi connectivity index (χ3v) is 3.91. The Balaban J connectivity index is 0.00000192. The summed E-state index contributed by atoms with van der Waals surface area (Å²) in [4.78, 5) is 26.2. The summed E-state index contributed by atoms with van der Waals surface area (Å²) in [5.41, 5.74) is 1.27. The van der Waals surface area contributed by atoms with Gasteiger partial charge in [0.25, 0.3) is 5.91 Å². The molecule has 126 valence electrons. The van der Waals surface area contributed by atoms with Gasteiger partial charge in [-0.15, -0.1) is 12.4 Å². The molecule has 1 heterocycles. The first-order chi connectivity index (χ1) is 10.7. The quantitative estimate of drug-likeness (QED) is 0.787. The topological polar surface area (TPSA) is 73.5 Å². The monoisotopic (exact) mass is 338 g/mol. The molecule has 0 atom stereocenters. The molecular weight excluding hydrogens is 316 g/mol. The zero-order valence-electron chi connectivity index (χ0n) is 13.0. The fourth-order valence-corrected chi connectivity index (χ4v) is 2.54. The van der Waals surface area contributed by atoms with E-state index in [2.05, 4.69) is 16.0 Å². The molecule has 0 aromatic heterocycles. The van der Waals surface area contributed by atoms with Gasteiger partial charge >= 0.3 is 6.03 Å². The van der Waals surface area contributed by atoms with Gasteiger partial charge in [0.2, 0.25) is 0 Å². The number of carbonyl (C=O) groups excluding carboxylic acids is 2. The minimum atomic E-state index is -0.203. The van der Waals surface area contributed by atoms with Gasteiger partial charge in [-0.05, 0) is 44.0 Å². The average Bonchev–Trinajstić information content (AvgIpc) is 3.33. The highest BCUT2D eigenvalue weighted by Crippen LogP contribution is 2.19. The minimum Gasteiger partial charge on any atom is -0.337 e. The highest BCUT2D eigenvalue weighted by molar-refractivity contribution is 5.97. The molecule has 1 saturated carbocycles. The van der Waals surface area contributed by atoms with Crippen LogP contribution in [-0.2, 0) is 0 Å². The van der Waals surface area contributed by atoms with Crippen molar-refractivity contribution in [3.63, 3.8) is 0 Å². The molecule has 1 aromatic carbocycles. The van der Waals surface area contributed by atoms with E-state index in [4.69, 9.17) is 0 Å². The van der Waals surface area contributed by atoms with Crippen LogP contribution in [0, 0.1) is 0 Å². The Labute approximate surface area is 142 Å². The number of rotatable bonds is 3. The van der Waals surface area contributed by atoms with Gasteiger partial charge < -0.3 is 20.9 Å². The first-order valence-electron chi connectivity index (χ1n) is 7.90. The summed E-state index contributed by atoms with van der Waals surface area (Å²) in [5, 5.41) is 8.95. The van der Waals surface area contributed by atoms with Crippen LogP contribution >= 0.6 is 12.4 Å². The van der Waals surface area contributed by atoms with Crippen LogP contribution in [0.15, 0.2) is 24.3 Å². The van der Waals surface area contributed by atoms with E-state index in [0.717, 1.165) is 45.4 Å². The smallest absolute Gasteiger partial charge is 0.319 e. The highest BCUT2D eigenvalue weighted by atomic mass is 35.5. The number of amides is 3. The molecule has 1 aliphatic carbocycles. The molecular formula is C16H23ClN4O2. The Morgan fingerprint density at radius 2 is 2.00 bits per heavy atom. The van der Waals surface area contributed by atoms with Crippen LogP contribution in [-0.4, -0.2) is 49.1 Å². The Morgan fingerprint density at radius 3 is 2.78 bits per heavy atom. The molecule has 3 N–H and O–H groups in total. The van der Waals surface area contributed by atoms with Gasteiger partial charge in [0.1, 0.15) is 0 Å². The van der Waals surface area contributed by atoms with Crippen molar-refractivity contribution in [2.45, 2.75) is 25.3 Å². The van der Waals surface area contributed by atoms with Gasteiger partial charge in [-0.25, -0.2) is 4.79 Å². The summed E-state index contributed by atoms with van der Waals surface area (Å²) < 4.78 is 0. The molecule has 3 amide bonds. The van der Waals surface area contributed by atoms with Crippen molar-refractivity contribution in [1.29, 1.82) is 0 Å². The molecule has 1 aromatic rings. The SMILES string of the molecule is Cl.O=C(Nc1cccc(C(=O)N2CCCNCC2)c1)NC1CC1. The summed E-state index contributed by atoms with van der Waals surface area (Å²) in [5.74, 6) is 0.0231. The van der Waals surface area contributed by atoms with Gasteiger partial charge in [-0.3, -0.25) is 4.79 Å². The molecule has 3 rings (SSSR count). The lowest BCUT2D eigenvalue weighted by Gasteiger charge is -2.20. The number of benzene rings is 1. The van der Waals surface area contributed by atoms with E-state index in [1.807, 2.05) is 4.90 Å². The van der Waals surface area contributed by atoms with Crippen molar-refractivity contribution in [1.82, 2.24) is 15.5 Å². The van der Waals surface area contributed by atoms with E-state index in [-0.39, 0.29) is 24.3 Å². The lowest BCUT2D eigenvalue weighted by Crippen LogP contribution is -2.34. The number of hydrogen-bond donors (Lipinski definition) is 3. The van der Waals surface area contributed by atoms with Gasteiger partial charge in [0.05, 0.1) is 0 Å². The second-order valence-corrected chi connectivity index (χ2v) is 5.85. The molecule has 1 aliphatic heterocycles. The standard InChI is InChI=1S/C16H22N4O2.ClH/c21-15(20-9-2-7-17-8-10-20)12-3-1-4-14(11-12)19-16(22)18-13-5-6-13;/h1,3-4,11,13,17H,2,5-10H2,(H2,18,19,22);1H. The Hall–Kier alpha value is -1.79. The van der Waals surface area contributed by atoms with Crippen LogP contribution in [0.5, 0.6) is 0 Å². The van der Waals surface area contributed by atoms with Crippen molar-refractivity contribution in [2.75, 3.05) is 31.5 Å². The van der Waals surface area contributed by atoms with Crippen LogP contribution in [0.3, 0.4) is 0 Å². The lowest BCUT2D eigenvalue weighted by atomic mass is 10.1. The van der Waals surface area contributed by atoms with Crippen LogP contribution in [0.25, 0.3) is 0 Å². The van der Waals surface area contributed by atoms with E-state index < -0.39 is 0 Å². The molecule has 0 spiro atoms. The summed E-state index contributed by atoms with van der Waals surface area (Å²) in [6.45, 7) is 3.27. The van der Waals surface area contributed by atoms with Gasteiger partial charge in [-0.2, -0.15) is 0 Å². The fourth-order valence-electron chi connectivity index (χ4n) is 2.54. The van der Waals surface area contributed by atoms with Gasteiger partial charge in [0.15, 0.2) is 0 Å². The molecule has 0 unspecified atom stereocenters. The second kappa shape index (κ2) is 8.17. The maximum absolute atomic E-state index is 12.5. The zero-order valence-corrected chi connectivity index (χ0v) is 13.8. The molecule has 0 radical (unpaired) electrons. The lowest BCUT2D eigenvalue weighted by molar-refractivity contribution is 0.0766. The Bertz CT molecular complexity index is 555. The van der Waals surface area contributed by atoms with E-state index >= 15 is 0 Å². The first kappa shape index (κ1) is 17.6. The number of halogens is 1. The molecule has 2 fully saturated rings. The highest BCUT2D eigenvalue weighted by Gasteiger charge is 2.23. The molecule has 0 bridgehead atoms. The Morgan fingerprint density at radius 1 is 1.17 bits per heavy atom. The molecule has 6 nitrogen and oxygen atoms in total. The average molecular weight is 339 g/mol. The molecule has 23 heavy (non-hydrogen) atoms. The zero-order chi connectivity index (χ0) is 15.4. The first-order valence-corrected chi connectivity index (χ1v) is 7.90. The number of nitrogens with zero attached hydrogens (tertiary/aromatic N) is 1. The van der Waals surface area contributed by atoms with E-state index in [0.29, 0.717) is 17.3 Å². The molecule has 1 saturated heterocycles. The molecule has 7 heteroatoms. The third-order valence-electron chi connectivity index (χ3n) is 3.91. The normalized spacial score (nSPS) is 17.7. The number of urea groups is 1. The van der Waals surface area contributed by atoms with Crippen LogP contribution < -0.4 is 16.0 Å². The third kappa shape index (κ3) is 5.11. The number of carbonyl (C=O) groups is 2. The van der Waals surface area contributed by atoms with Crippen molar-refractivity contribution >= 4 is 30.0 Å². The minimum absolute atomic E-state index is 0. The van der Waals surface area contributed by atoms with Crippen molar-refractivity contribution < 1.29 is 9.59 Å². The summed E-state index contributed by atoms with van der Waals surface area (Å²) in [6.07, 6.45) is 3.07. The summed E-state index contributed by atoms with van der Waals surface area (Å²) >= 11 is 0. The van der Waals surface area contributed by atoms with E-state index in [1.54, 1.807) is 24.3 Å². The summed E-state index contributed by atoms with van der Waals surface area (Å²) in [6, 6.07) is 7.25. The maximum Gasteiger partial charge on any atom is 0.319 e. The van der Waals surface area contributed by atoms with Crippen LogP contribution in [0.1, 0.15) is 29.6 Å². The van der Waals surface area contributed by atoms with Crippen LogP contribution in [0.4, 0.5) is 10.5 Å². The fraction of sp³-hybridized carbons (Fsp3) is 0.500.